The molecule has 0 aliphatic heterocycles. The molecular weight excluding hydrogens is 174 g/mol. The zero-order valence-corrected chi connectivity index (χ0v) is 8.27. The van der Waals surface area contributed by atoms with Gasteiger partial charge in [0.25, 0.3) is 0 Å². The van der Waals surface area contributed by atoms with E-state index in [1.807, 2.05) is 49.4 Å². The van der Waals surface area contributed by atoms with E-state index in [-0.39, 0.29) is 6.61 Å². The maximum Gasteiger partial charge on any atom is 0.0635 e. The van der Waals surface area contributed by atoms with Crippen molar-refractivity contribution < 1.29 is 5.11 Å². The molecule has 74 valence electrons. The molecule has 1 aromatic carbocycles. The Morgan fingerprint density at radius 1 is 1.36 bits per heavy atom. The first kappa shape index (κ1) is 10.5. The molecule has 0 bridgehead atoms. The smallest absolute Gasteiger partial charge is 0.0635 e. The molecule has 14 heavy (non-hydrogen) atoms. The monoisotopic (exact) mass is 189 g/mol. The van der Waals surface area contributed by atoms with Crippen LogP contribution in [0.3, 0.4) is 0 Å². The second kappa shape index (κ2) is 6.00. The van der Waals surface area contributed by atoms with Crippen molar-refractivity contribution in [3.05, 3.63) is 54.3 Å². The van der Waals surface area contributed by atoms with Gasteiger partial charge in [0.05, 0.1) is 6.61 Å². The molecule has 0 fully saturated rings. The largest absolute Gasteiger partial charge is 0.392 e. The SMILES string of the molecule is C/C=C\C(=C/CO)Nc1ccccc1. The number of rotatable bonds is 4. The molecule has 0 spiro atoms. The minimum Gasteiger partial charge on any atom is -0.392 e. The number of benzene rings is 1. The Hall–Kier alpha value is -1.54. The zero-order chi connectivity index (χ0) is 10.2. The Bertz CT molecular complexity index is 314. The summed E-state index contributed by atoms with van der Waals surface area (Å²) >= 11 is 0. The summed E-state index contributed by atoms with van der Waals surface area (Å²) in [5.74, 6) is 0. The number of para-hydroxylation sites is 1. The van der Waals surface area contributed by atoms with Crippen LogP contribution in [0, 0.1) is 0 Å². The van der Waals surface area contributed by atoms with Crippen LogP contribution in [0.25, 0.3) is 0 Å². The lowest BCUT2D eigenvalue weighted by Gasteiger charge is -2.06. The molecule has 0 saturated carbocycles. The number of anilines is 1. The first-order valence-electron chi connectivity index (χ1n) is 4.62. The van der Waals surface area contributed by atoms with E-state index in [2.05, 4.69) is 5.32 Å². The third-order valence-corrected chi connectivity index (χ3v) is 1.72. The van der Waals surface area contributed by atoms with Crippen molar-refractivity contribution in [2.75, 3.05) is 11.9 Å². The topological polar surface area (TPSA) is 32.3 Å². The Labute approximate surface area is 84.6 Å². The molecule has 0 amide bonds. The zero-order valence-electron chi connectivity index (χ0n) is 8.27. The Balaban J connectivity index is 2.70. The quantitative estimate of drug-likeness (QED) is 0.713. The summed E-state index contributed by atoms with van der Waals surface area (Å²) in [6.45, 7) is 1.98. The molecule has 2 heteroatoms. The van der Waals surface area contributed by atoms with Gasteiger partial charge in [-0.2, -0.15) is 0 Å². The first-order chi connectivity index (χ1) is 6.86. The standard InChI is InChI=1S/C12H15NO/c1-2-6-11(9-10-14)13-12-7-4-3-5-8-12/h2-9,13-14H,10H2,1H3/b6-2-,11-9+. The number of hydrogen-bond acceptors (Lipinski definition) is 2. The van der Waals surface area contributed by atoms with Crippen molar-refractivity contribution in [1.29, 1.82) is 0 Å². The van der Waals surface area contributed by atoms with Crippen LogP contribution in [0.5, 0.6) is 0 Å². The predicted molar refractivity (Wildman–Crippen MR) is 60.0 cm³/mol. The molecule has 0 unspecified atom stereocenters. The molecule has 1 rings (SSSR count). The summed E-state index contributed by atoms with van der Waals surface area (Å²) < 4.78 is 0. The van der Waals surface area contributed by atoms with Crippen LogP contribution in [-0.2, 0) is 0 Å². The summed E-state index contributed by atoms with van der Waals surface area (Å²) in [7, 11) is 0. The van der Waals surface area contributed by atoms with Crippen molar-refractivity contribution in [2.24, 2.45) is 0 Å². The first-order valence-corrected chi connectivity index (χ1v) is 4.62. The van der Waals surface area contributed by atoms with Gasteiger partial charge in [0.2, 0.25) is 0 Å². The van der Waals surface area contributed by atoms with Crippen LogP contribution in [0.2, 0.25) is 0 Å². The predicted octanol–water partition coefficient (Wildman–Crippen LogP) is 2.55. The number of nitrogens with one attached hydrogen (secondary N) is 1. The molecule has 0 radical (unpaired) electrons. The highest BCUT2D eigenvalue weighted by atomic mass is 16.2. The van der Waals surface area contributed by atoms with E-state index in [9.17, 15) is 0 Å². The van der Waals surface area contributed by atoms with Gasteiger partial charge in [-0.15, -0.1) is 0 Å². The Kier molecular flexibility index (Phi) is 4.51. The van der Waals surface area contributed by atoms with E-state index < -0.39 is 0 Å². The van der Waals surface area contributed by atoms with Crippen LogP contribution in [-0.4, -0.2) is 11.7 Å². The molecule has 0 aromatic heterocycles. The van der Waals surface area contributed by atoms with E-state index in [0.29, 0.717) is 0 Å². The minimum absolute atomic E-state index is 0.0412. The highest BCUT2D eigenvalue weighted by Gasteiger charge is 1.91. The molecule has 2 N–H and O–H groups in total. The van der Waals surface area contributed by atoms with E-state index in [0.717, 1.165) is 11.4 Å². The van der Waals surface area contributed by atoms with Crippen LogP contribution in [0.4, 0.5) is 5.69 Å². The van der Waals surface area contributed by atoms with E-state index in [4.69, 9.17) is 5.11 Å². The van der Waals surface area contributed by atoms with Crippen LogP contribution in [0.1, 0.15) is 6.92 Å². The summed E-state index contributed by atoms with van der Waals surface area (Å²) in [4.78, 5) is 0. The van der Waals surface area contributed by atoms with Gasteiger partial charge in [0, 0.05) is 11.4 Å². The second-order valence-corrected chi connectivity index (χ2v) is 2.83. The lowest BCUT2D eigenvalue weighted by Crippen LogP contribution is -1.97. The van der Waals surface area contributed by atoms with Crippen molar-refractivity contribution in [1.82, 2.24) is 0 Å². The van der Waals surface area contributed by atoms with Crippen molar-refractivity contribution in [2.45, 2.75) is 6.92 Å². The molecular formula is C12H15NO. The fourth-order valence-electron chi connectivity index (χ4n) is 1.13. The fourth-order valence-corrected chi connectivity index (χ4v) is 1.13. The highest BCUT2D eigenvalue weighted by molar-refractivity contribution is 5.50. The molecule has 2 nitrogen and oxygen atoms in total. The van der Waals surface area contributed by atoms with Crippen molar-refractivity contribution >= 4 is 5.69 Å². The van der Waals surface area contributed by atoms with Crippen molar-refractivity contribution in [3.8, 4) is 0 Å². The number of hydrogen-bond donors (Lipinski definition) is 2. The average molecular weight is 189 g/mol. The third-order valence-electron chi connectivity index (χ3n) is 1.72. The Morgan fingerprint density at radius 2 is 2.07 bits per heavy atom. The van der Waals surface area contributed by atoms with Gasteiger partial charge in [-0.05, 0) is 31.2 Å². The van der Waals surface area contributed by atoms with E-state index in [1.165, 1.54) is 0 Å². The molecule has 0 heterocycles. The Morgan fingerprint density at radius 3 is 2.64 bits per heavy atom. The third kappa shape index (κ3) is 3.46. The average Bonchev–Trinajstić information content (AvgIpc) is 2.20. The van der Waals surface area contributed by atoms with Gasteiger partial charge in [-0.1, -0.05) is 24.3 Å². The highest BCUT2D eigenvalue weighted by Crippen LogP contribution is 2.09. The van der Waals surface area contributed by atoms with Crippen LogP contribution in [0.15, 0.2) is 54.3 Å². The van der Waals surface area contributed by atoms with Gasteiger partial charge in [-0.3, -0.25) is 0 Å². The summed E-state index contributed by atoms with van der Waals surface area (Å²) in [6, 6.07) is 9.86. The van der Waals surface area contributed by atoms with Crippen LogP contribution >= 0.6 is 0 Å². The van der Waals surface area contributed by atoms with Crippen LogP contribution < -0.4 is 5.32 Å². The molecule has 0 aliphatic carbocycles. The minimum atomic E-state index is 0.0412. The summed E-state index contributed by atoms with van der Waals surface area (Å²) in [5, 5.41) is 12.0. The van der Waals surface area contributed by atoms with E-state index in [1.54, 1.807) is 6.08 Å². The lowest BCUT2D eigenvalue weighted by molar-refractivity contribution is 0.342. The summed E-state index contributed by atoms with van der Waals surface area (Å²) in [5.41, 5.74) is 1.92. The molecule has 1 aromatic rings. The molecule has 0 saturated heterocycles. The second-order valence-electron chi connectivity index (χ2n) is 2.83. The number of aliphatic hydroxyl groups is 1. The summed E-state index contributed by atoms with van der Waals surface area (Å²) in [6.07, 6.45) is 5.58. The molecule has 0 atom stereocenters. The normalized spacial score (nSPS) is 12.0. The van der Waals surface area contributed by atoms with Gasteiger partial charge >= 0.3 is 0 Å². The van der Waals surface area contributed by atoms with Gasteiger partial charge in [-0.25, -0.2) is 0 Å². The number of allylic oxidation sites excluding steroid dienone is 2. The number of aliphatic hydroxyl groups excluding tert-OH is 1. The molecule has 0 aliphatic rings. The maximum absolute atomic E-state index is 8.79. The van der Waals surface area contributed by atoms with Crippen molar-refractivity contribution in [3.63, 3.8) is 0 Å². The van der Waals surface area contributed by atoms with Gasteiger partial charge < -0.3 is 10.4 Å². The van der Waals surface area contributed by atoms with Gasteiger partial charge in [0.1, 0.15) is 0 Å². The lowest BCUT2D eigenvalue weighted by atomic mass is 10.3. The maximum atomic E-state index is 8.79. The van der Waals surface area contributed by atoms with E-state index >= 15 is 0 Å². The fraction of sp³-hybridized carbons (Fsp3) is 0.167. The van der Waals surface area contributed by atoms with Gasteiger partial charge in [0.15, 0.2) is 0 Å².